The first kappa shape index (κ1) is 22.6. The third-order valence-corrected chi connectivity index (χ3v) is 4.11. The van der Waals surface area contributed by atoms with E-state index in [-0.39, 0.29) is 24.4 Å². The average molecular weight is 412 g/mol. The zero-order valence-electron chi connectivity index (χ0n) is 17.3. The number of carbonyl (C=O) groups excluding carboxylic acids is 4. The Morgan fingerprint density at radius 3 is 1.37 bits per heavy atom. The van der Waals surface area contributed by atoms with Gasteiger partial charge in [0.2, 0.25) is 11.8 Å². The Kier molecular flexibility index (Phi) is 7.69. The lowest BCUT2D eigenvalue weighted by molar-refractivity contribution is -0.125. The molecule has 0 atom stereocenters. The Bertz CT molecular complexity index is 904. The van der Waals surface area contributed by atoms with Gasteiger partial charge in [-0.05, 0) is 50.2 Å². The predicted octanol–water partition coefficient (Wildman–Crippen LogP) is 3.21. The van der Waals surface area contributed by atoms with Crippen molar-refractivity contribution >= 4 is 34.8 Å². The summed E-state index contributed by atoms with van der Waals surface area (Å²) in [6, 6.07) is 10.0. The summed E-state index contributed by atoms with van der Waals surface area (Å²) < 4.78 is 10.6. The molecule has 8 heteroatoms. The van der Waals surface area contributed by atoms with E-state index < -0.39 is 11.8 Å². The van der Waals surface area contributed by atoms with Crippen LogP contribution in [0.5, 0.6) is 11.5 Å². The van der Waals surface area contributed by atoms with Gasteiger partial charge in [-0.3, -0.25) is 19.2 Å². The molecule has 2 N–H and O–H groups in total. The Morgan fingerprint density at radius 1 is 0.700 bits per heavy atom. The summed E-state index contributed by atoms with van der Waals surface area (Å²) in [5.41, 5.74) is 1.95. The van der Waals surface area contributed by atoms with E-state index in [1.54, 1.807) is 36.4 Å². The van der Waals surface area contributed by atoms with Gasteiger partial charge in [-0.2, -0.15) is 0 Å². The largest absolute Gasteiger partial charge is 0.497 e. The molecule has 0 fully saturated rings. The molecule has 0 aliphatic rings. The van der Waals surface area contributed by atoms with Gasteiger partial charge in [0.15, 0.2) is 0 Å². The van der Waals surface area contributed by atoms with E-state index in [4.69, 9.17) is 9.47 Å². The van der Waals surface area contributed by atoms with E-state index in [9.17, 15) is 19.2 Å². The van der Waals surface area contributed by atoms with Crippen LogP contribution in [0.1, 0.15) is 26.7 Å². The molecule has 2 aromatic carbocycles. The number of Topliss-reactive ketones (excluding diaryl/α,β-unsaturated/α-hetero) is 2. The van der Waals surface area contributed by atoms with Gasteiger partial charge in [-0.1, -0.05) is 0 Å². The highest BCUT2D eigenvalue weighted by Crippen LogP contribution is 2.38. The quantitative estimate of drug-likeness (QED) is 0.612. The molecule has 0 radical (unpaired) electrons. The number of benzene rings is 2. The highest BCUT2D eigenvalue weighted by molar-refractivity contribution is 6.08. The van der Waals surface area contributed by atoms with Crippen LogP contribution >= 0.6 is 0 Å². The SMILES string of the molecule is COc1ccc(NC(=O)CC(C)=O)c(-c2cc(OC)ccc2NC(=O)CC(C)=O)c1. The normalized spacial score (nSPS) is 10.1. The minimum atomic E-state index is -0.459. The summed E-state index contributed by atoms with van der Waals surface area (Å²) in [7, 11) is 3.02. The average Bonchev–Trinajstić information content (AvgIpc) is 2.67. The summed E-state index contributed by atoms with van der Waals surface area (Å²) >= 11 is 0. The molecular formula is C22H24N2O6. The first-order chi connectivity index (χ1) is 14.2. The molecule has 0 aliphatic heterocycles. The third-order valence-electron chi connectivity index (χ3n) is 4.11. The molecule has 2 rings (SSSR count). The molecule has 0 aromatic heterocycles. The summed E-state index contributed by atoms with van der Waals surface area (Å²) in [6.45, 7) is 2.67. The highest BCUT2D eigenvalue weighted by atomic mass is 16.5. The molecule has 0 unspecified atom stereocenters. The maximum absolute atomic E-state index is 12.2. The fourth-order valence-electron chi connectivity index (χ4n) is 2.81. The van der Waals surface area contributed by atoms with Crippen molar-refractivity contribution in [1.29, 1.82) is 0 Å². The van der Waals surface area contributed by atoms with Gasteiger partial charge in [-0.25, -0.2) is 0 Å². The number of ether oxygens (including phenoxy) is 2. The Labute approximate surface area is 174 Å². The van der Waals surface area contributed by atoms with Crippen molar-refractivity contribution in [2.45, 2.75) is 26.7 Å². The van der Waals surface area contributed by atoms with Gasteiger partial charge in [0, 0.05) is 22.5 Å². The molecule has 0 spiro atoms. The van der Waals surface area contributed by atoms with Crippen molar-refractivity contribution in [3.8, 4) is 22.6 Å². The number of nitrogens with one attached hydrogen (secondary N) is 2. The van der Waals surface area contributed by atoms with Crippen molar-refractivity contribution < 1.29 is 28.7 Å². The van der Waals surface area contributed by atoms with E-state index >= 15 is 0 Å². The lowest BCUT2D eigenvalue weighted by Gasteiger charge is -2.17. The molecule has 0 saturated heterocycles. The van der Waals surface area contributed by atoms with E-state index in [2.05, 4.69) is 10.6 Å². The summed E-state index contributed by atoms with van der Waals surface area (Å²) in [5.74, 6) is -0.392. The van der Waals surface area contributed by atoms with Crippen LogP contribution in [0.4, 0.5) is 11.4 Å². The number of anilines is 2. The Hall–Kier alpha value is -3.68. The molecule has 158 valence electrons. The maximum atomic E-state index is 12.2. The fourth-order valence-corrected chi connectivity index (χ4v) is 2.81. The number of carbonyl (C=O) groups is 4. The number of methoxy groups -OCH3 is 2. The summed E-state index contributed by atoms with van der Waals surface area (Å²) in [6.07, 6.45) is -0.516. The van der Waals surface area contributed by atoms with Gasteiger partial charge >= 0.3 is 0 Å². The first-order valence-electron chi connectivity index (χ1n) is 9.18. The van der Waals surface area contributed by atoms with Crippen LogP contribution in [0.15, 0.2) is 36.4 Å². The van der Waals surface area contributed by atoms with Crippen molar-refractivity contribution in [3.63, 3.8) is 0 Å². The van der Waals surface area contributed by atoms with Crippen molar-refractivity contribution in [2.24, 2.45) is 0 Å². The van der Waals surface area contributed by atoms with Crippen LogP contribution in [-0.2, 0) is 19.2 Å². The number of hydrogen-bond acceptors (Lipinski definition) is 6. The molecule has 2 aromatic rings. The standard InChI is InChI=1S/C22H24N2O6/c1-13(25)9-21(27)23-19-7-5-15(29-3)11-17(19)18-12-16(30-4)6-8-20(18)24-22(28)10-14(2)26/h5-8,11-12H,9-10H2,1-4H3,(H,23,27)(H,24,28). The molecule has 2 amide bonds. The van der Waals surface area contributed by atoms with E-state index in [1.165, 1.54) is 28.1 Å². The highest BCUT2D eigenvalue weighted by Gasteiger charge is 2.17. The lowest BCUT2D eigenvalue weighted by atomic mass is 10.00. The molecule has 0 heterocycles. The molecule has 8 nitrogen and oxygen atoms in total. The molecule has 0 aliphatic carbocycles. The third kappa shape index (κ3) is 6.16. The second-order valence-electron chi connectivity index (χ2n) is 6.68. The van der Waals surface area contributed by atoms with Crippen LogP contribution < -0.4 is 20.1 Å². The zero-order valence-corrected chi connectivity index (χ0v) is 17.3. The van der Waals surface area contributed by atoms with Crippen LogP contribution in [0.25, 0.3) is 11.1 Å². The number of ketones is 2. The van der Waals surface area contributed by atoms with Gasteiger partial charge < -0.3 is 20.1 Å². The minimum absolute atomic E-state index is 0.258. The van der Waals surface area contributed by atoms with Crippen molar-refractivity contribution in [2.75, 3.05) is 24.9 Å². The number of rotatable bonds is 9. The second-order valence-corrected chi connectivity index (χ2v) is 6.68. The monoisotopic (exact) mass is 412 g/mol. The number of amides is 2. The Balaban J connectivity index is 2.56. The van der Waals surface area contributed by atoms with Crippen LogP contribution in [-0.4, -0.2) is 37.6 Å². The van der Waals surface area contributed by atoms with E-state index in [0.29, 0.717) is 34.0 Å². The van der Waals surface area contributed by atoms with Crippen molar-refractivity contribution in [3.05, 3.63) is 36.4 Å². The van der Waals surface area contributed by atoms with Crippen molar-refractivity contribution in [1.82, 2.24) is 0 Å². The van der Waals surface area contributed by atoms with Crippen LogP contribution in [0.3, 0.4) is 0 Å². The minimum Gasteiger partial charge on any atom is -0.497 e. The lowest BCUT2D eigenvalue weighted by Crippen LogP contribution is -2.16. The topological polar surface area (TPSA) is 111 Å². The first-order valence-corrected chi connectivity index (χ1v) is 9.18. The second kappa shape index (κ2) is 10.2. The van der Waals surface area contributed by atoms with Crippen LogP contribution in [0, 0.1) is 0 Å². The van der Waals surface area contributed by atoms with Gasteiger partial charge in [0.05, 0.1) is 27.1 Å². The Morgan fingerprint density at radius 2 is 1.07 bits per heavy atom. The molecule has 30 heavy (non-hydrogen) atoms. The van der Waals surface area contributed by atoms with Gasteiger partial charge in [-0.15, -0.1) is 0 Å². The molecule has 0 saturated carbocycles. The van der Waals surface area contributed by atoms with E-state index in [1.807, 2.05) is 0 Å². The smallest absolute Gasteiger partial charge is 0.231 e. The maximum Gasteiger partial charge on any atom is 0.231 e. The molecule has 0 bridgehead atoms. The van der Waals surface area contributed by atoms with Crippen LogP contribution in [0.2, 0.25) is 0 Å². The van der Waals surface area contributed by atoms with Gasteiger partial charge in [0.25, 0.3) is 0 Å². The summed E-state index contributed by atoms with van der Waals surface area (Å²) in [5, 5.41) is 5.44. The van der Waals surface area contributed by atoms with Gasteiger partial charge in [0.1, 0.15) is 23.1 Å². The van der Waals surface area contributed by atoms with E-state index in [0.717, 1.165) is 0 Å². The number of hydrogen-bond donors (Lipinski definition) is 2. The molecular weight excluding hydrogens is 388 g/mol. The fraction of sp³-hybridized carbons (Fsp3) is 0.273. The summed E-state index contributed by atoms with van der Waals surface area (Å²) in [4.78, 5) is 46.9. The predicted molar refractivity (Wildman–Crippen MR) is 113 cm³/mol. The zero-order chi connectivity index (χ0) is 22.3.